The molecular weight excluding hydrogens is 341 g/mol. The van der Waals surface area contributed by atoms with Gasteiger partial charge in [-0.25, -0.2) is 9.07 Å². The molecule has 0 unspecified atom stereocenters. The zero-order chi connectivity index (χ0) is 18.8. The van der Waals surface area contributed by atoms with Crippen LogP contribution in [0.2, 0.25) is 0 Å². The van der Waals surface area contributed by atoms with Gasteiger partial charge in [-0.2, -0.15) is 0 Å². The fraction of sp³-hybridized carbons (Fsp3) is 0.273. The van der Waals surface area contributed by atoms with Crippen LogP contribution in [-0.4, -0.2) is 21.5 Å². The molecule has 1 saturated carbocycles. The summed E-state index contributed by atoms with van der Waals surface area (Å²) in [6.07, 6.45) is 4.54. The van der Waals surface area contributed by atoms with Crippen LogP contribution in [0.15, 0.2) is 64.4 Å². The van der Waals surface area contributed by atoms with E-state index in [1.54, 1.807) is 12.1 Å². The van der Waals surface area contributed by atoms with Crippen LogP contribution in [0, 0.1) is 5.82 Å². The van der Waals surface area contributed by atoms with Crippen LogP contribution in [0.5, 0.6) is 0 Å². The maximum absolute atomic E-state index is 13.3. The van der Waals surface area contributed by atoms with Crippen LogP contribution >= 0.6 is 0 Å². The molecule has 3 aromatic rings. The van der Waals surface area contributed by atoms with Crippen molar-refractivity contribution in [3.8, 4) is 16.9 Å². The molecule has 0 radical (unpaired) electrons. The van der Waals surface area contributed by atoms with Crippen LogP contribution in [0.1, 0.15) is 38.2 Å². The zero-order valence-electron chi connectivity index (χ0n) is 15.3. The first kappa shape index (κ1) is 17.5. The molecule has 5 heteroatoms. The number of benzene rings is 2. The van der Waals surface area contributed by atoms with Crippen LogP contribution in [-0.2, 0) is 0 Å². The molecule has 4 rings (SSSR count). The summed E-state index contributed by atoms with van der Waals surface area (Å²) in [5, 5.41) is 3.21. The predicted octanol–water partition coefficient (Wildman–Crippen LogP) is 4.72. The zero-order valence-corrected chi connectivity index (χ0v) is 15.3. The van der Waals surface area contributed by atoms with Crippen molar-refractivity contribution in [2.45, 2.75) is 38.6 Å². The van der Waals surface area contributed by atoms with Crippen LogP contribution in [0.3, 0.4) is 0 Å². The molecule has 1 fully saturated rings. The van der Waals surface area contributed by atoms with Crippen molar-refractivity contribution in [1.82, 2.24) is 9.78 Å². The van der Waals surface area contributed by atoms with Gasteiger partial charge in [0, 0.05) is 11.3 Å². The van der Waals surface area contributed by atoms with E-state index >= 15 is 0 Å². The molecule has 2 aromatic carbocycles. The largest absolute Gasteiger partial charge is 0.290 e. The van der Waals surface area contributed by atoms with Crippen molar-refractivity contribution in [3.05, 3.63) is 76.3 Å². The number of aromatic amines is 1. The van der Waals surface area contributed by atoms with E-state index in [0.717, 1.165) is 29.8 Å². The first-order valence-corrected chi connectivity index (χ1v) is 9.34. The maximum atomic E-state index is 13.3. The topological polar surface area (TPSA) is 50.1 Å². The SMILES string of the molecule is CC(=NC1CCCC1)c1c(-c2ccccc2)[nH]n(-c2ccc(F)cc2)c1=O. The highest BCUT2D eigenvalue weighted by Gasteiger charge is 2.21. The predicted molar refractivity (Wildman–Crippen MR) is 106 cm³/mol. The summed E-state index contributed by atoms with van der Waals surface area (Å²) >= 11 is 0. The van der Waals surface area contributed by atoms with Gasteiger partial charge in [-0.15, -0.1) is 0 Å². The third-order valence-electron chi connectivity index (χ3n) is 5.10. The summed E-state index contributed by atoms with van der Waals surface area (Å²) in [6.45, 7) is 1.91. The standard InChI is InChI=1S/C22H22FN3O/c1-15(24-18-9-5-6-10-18)20-21(16-7-3-2-4-8-16)25-26(22(20)27)19-13-11-17(23)12-14-19/h2-4,7-8,11-14,18,25H,5-6,9-10H2,1H3. The summed E-state index contributed by atoms with van der Waals surface area (Å²) in [4.78, 5) is 18.1. The van der Waals surface area contributed by atoms with Crippen LogP contribution < -0.4 is 5.56 Å². The lowest BCUT2D eigenvalue weighted by atomic mass is 10.0. The van der Waals surface area contributed by atoms with Gasteiger partial charge in [0.2, 0.25) is 0 Å². The maximum Gasteiger partial charge on any atom is 0.280 e. The Morgan fingerprint density at radius 1 is 1.07 bits per heavy atom. The lowest BCUT2D eigenvalue weighted by Crippen LogP contribution is -2.20. The molecule has 138 valence electrons. The van der Waals surface area contributed by atoms with E-state index in [0.29, 0.717) is 17.3 Å². The minimum absolute atomic E-state index is 0.167. The van der Waals surface area contributed by atoms with Crippen molar-refractivity contribution in [1.29, 1.82) is 0 Å². The van der Waals surface area contributed by atoms with Gasteiger partial charge in [-0.05, 0) is 44.0 Å². The van der Waals surface area contributed by atoms with Gasteiger partial charge in [0.15, 0.2) is 0 Å². The Morgan fingerprint density at radius 3 is 2.41 bits per heavy atom. The van der Waals surface area contributed by atoms with E-state index in [1.807, 2.05) is 37.3 Å². The molecule has 1 N–H and O–H groups in total. The Kier molecular flexibility index (Phi) is 4.75. The first-order chi connectivity index (χ1) is 13.1. The highest BCUT2D eigenvalue weighted by atomic mass is 19.1. The molecule has 27 heavy (non-hydrogen) atoms. The fourth-order valence-corrected chi connectivity index (χ4v) is 3.73. The average molecular weight is 363 g/mol. The first-order valence-electron chi connectivity index (χ1n) is 9.34. The van der Waals surface area contributed by atoms with E-state index in [2.05, 4.69) is 5.10 Å². The average Bonchev–Trinajstić information content (AvgIpc) is 3.31. The molecule has 1 aromatic heterocycles. The van der Waals surface area contributed by atoms with E-state index < -0.39 is 0 Å². The molecule has 0 spiro atoms. The second-order valence-electron chi connectivity index (χ2n) is 7.00. The molecule has 1 heterocycles. The van der Waals surface area contributed by atoms with Gasteiger partial charge in [-0.1, -0.05) is 43.2 Å². The molecule has 1 aliphatic carbocycles. The fourth-order valence-electron chi connectivity index (χ4n) is 3.73. The minimum atomic E-state index is -0.333. The van der Waals surface area contributed by atoms with Crippen LogP contribution in [0.25, 0.3) is 16.9 Å². The van der Waals surface area contributed by atoms with Gasteiger partial charge in [0.1, 0.15) is 5.82 Å². The Hall–Kier alpha value is -2.95. The van der Waals surface area contributed by atoms with Gasteiger partial charge < -0.3 is 0 Å². The van der Waals surface area contributed by atoms with E-state index in [1.165, 1.54) is 29.7 Å². The molecule has 1 aliphatic rings. The van der Waals surface area contributed by atoms with Gasteiger partial charge in [0.25, 0.3) is 5.56 Å². The Morgan fingerprint density at radius 2 is 1.74 bits per heavy atom. The lowest BCUT2D eigenvalue weighted by molar-refractivity contribution is 0.627. The van der Waals surface area contributed by atoms with Crippen LogP contribution in [0.4, 0.5) is 4.39 Å². The minimum Gasteiger partial charge on any atom is -0.290 e. The summed E-state index contributed by atoms with van der Waals surface area (Å²) in [6, 6.07) is 15.9. The summed E-state index contributed by atoms with van der Waals surface area (Å²) in [5.74, 6) is -0.333. The third-order valence-corrected chi connectivity index (χ3v) is 5.10. The highest BCUT2D eigenvalue weighted by Crippen LogP contribution is 2.25. The normalized spacial score (nSPS) is 15.4. The van der Waals surface area contributed by atoms with Gasteiger partial charge in [-0.3, -0.25) is 14.9 Å². The van der Waals surface area contributed by atoms with Crippen molar-refractivity contribution in [2.24, 2.45) is 4.99 Å². The number of hydrogen-bond donors (Lipinski definition) is 1. The number of H-pyrrole nitrogens is 1. The Labute approximate surface area is 157 Å². The van der Waals surface area contributed by atoms with Crippen molar-refractivity contribution in [3.63, 3.8) is 0 Å². The van der Waals surface area contributed by atoms with Gasteiger partial charge in [0.05, 0.1) is 23.0 Å². The number of nitrogens with zero attached hydrogens (tertiary/aromatic N) is 2. The quantitative estimate of drug-likeness (QED) is 0.670. The summed E-state index contributed by atoms with van der Waals surface area (Å²) in [5.41, 5.74) is 3.43. The number of hydrogen-bond acceptors (Lipinski definition) is 2. The highest BCUT2D eigenvalue weighted by molar-refractivity contribution is 6.03. The number of aromatic nitrogens is 2. The number of rotatable bonds is 4. The van der Waals surface area contributed by atoms with Crippen molar-refractivity contribution < 1.29 is 4.39 Å². The van der Waals surface area contributed by atoms with Crippen molar-refractivity contribution in [2.75, 3.05) is 0 Å². The summed E-state index contributed by atoms with van der Waals surface area (Å²) in [7, 11) is 0. The second-order valence-corrected chi connectivity index (χ2v) is 7.00. The third kappa shape index (κ3) is 3.50. The monoisotopic (exact) mass is 363 g/mol. The van der Waals surface area contributed by atoms with Crippen molar-refractivity contribution >= 4 is 5.71 Å². The van der Waals surface area contributed by atoms with E-state index in [4.69, 9.17) is 4.99 Å². The molecule has 4 nitrogen and oxygen atoms in total. The molecule has 0 atom stereocenters. The van der Waals surface area contributed by atoms with E-state index in [9.17, 15) is 9.18 Å². The van der Waals surface area contributed by atoms with E-state index in [-0.39, 0.29) is 11.4 Å². The summed E-state index contributed by atoms with van der Waals surface area (Å²) < 4.78 is 14.8. The Bertz CT molecular complexity index is 1010. The van der Waals surface area contributed by atoms with Gasteiger partial charge >= 0.3 is 0 Å². The molecule has 0 amide bonds. The Balaban J connectivity index is 1.87. The number of halogens is 1. The number of nitrogens with one attached hydrogen (secondary N) is 1. The molecular formula is C22H22FN3O. The smallest absolute Gasteiger partial charge is 0.280 e. The lowest BCUT2D eigenvalue weighted by Gasteiger charge is -2.06. The number of aliphatic imine (C=N–C) groups is 1. The molecule has 0 aliphatic heterocycles. The molecule has 0 bridgehead atoms. The molecule has 0 saturated heterocycles. The second kappa shape index (κ2) is 7.35.